The summed E-state index contributed by atoms with van der Waals surface area (Å²) in [6, 6.07) is 66.9. The number of ketones is 2. The van der Waals surface area contributed by atoms with Crippen molar-refractivity contribution in [2.75, 3.05) is 41.3 Å². The predicted octanol–water partition coefficient (Wildman–Crippen LogP) is 23.5. The quantitative estimate of drug-likeness (QED) is 0.0138. The highest BCUT2D eigenvalue weighted by Gasteiger charge is 2.30. The molecule has 0 aromatic heterocycles. The molecular formula is C94H102F7NO22. The van der Waals surface area contributed by atoms with Crippen LogP contribution < -0.4 is 37.9 Å². The zero-order valence-corrected chi connectivity index (χ0v) is 71.6. The number of hydrogen-bond acceptors (Lipinski definition) is 22. The van der Waals surface area contributed by atoms with Crippen molar-refractivity contribution in [2.45, 2.75) is 122 Å². The number of esters is 6. The van der Waals surface area contributed by atoms with E-state index in [0.29, 0.717) is 77.7 Å². The summed E-state index contributed by atoms with van der Waals surface area (Å²) >= 11 is 0. The summed E-state index contributed by atoms with van der Waals surface area (Å²) in [6.07, 6.45) is -7.04. The van der Waals surface area contributed by atoms with Crippen molar-refractivity contribution in [3.05, 3.63) is 303 Å². The number of nitrogens with zero attached hydrogens (tertiary/aromatic N) is 1. The fraction of sp³-hybridized carbons (Fsp3) is 0.255. The first-order valence-electron chi connectivity index (χ1n) is 38.0. The number of alkyl halides is 5. The van der Waals surface area contributed by atoms with Gasteiger partial charge >= 0.3 is 60.1 Å². The molecule has 0 heterocycles. The molecule has 10 rings (SSSR count). The highest BCUT2D eigenvalue weighted by atomic mass is 19.4. The van der Waals surface area contributed by atoms with Gasteiger partial charge in [-0.05, 0) is 207 Å². The van der Waals surface area contributed by atoms with Gasteiger partial charge in [0.05, 0.1) is 69.0 Å². The summed E-state index contributed by atoms with van der Waals surface area (Å²) in [4.78, 5) is 117. The van der Waals surface area contributed by atoms with Gasteiger partial charge in [-0.3, -0.25) is 47.7 Å². The highest BCUT2D eigenvalue weighted by molar-refractivity contribution is 5.95. The van der Waals surface area contributed by atoms with Crippen molar-refractivity contribution in [1.82, 2.24) is 0 Å². The van der Waals surface area contributed by atoms with Gasteiger partial charge in [0.2, 0.25) is 5.75 Å². The average Bonchev–Trinajstić information content (AvgIpc) is 0.843. The molecule has 0 atom stereocenters. The lowest BCUT2D eigenvalue weighted by atomic mass is 10.1. The van der Waals surface area contributed by atoms with E-state index < -0.39 is 35.1 Å². The molecule has 0 unspecified atom stereocenters. The van der Waals surface area contributed by atoms with Crippen LogP contribution in [0.15, 0.2) is 243 Å². The Hall–Kier alpha value is -14.2. The van der Waals surface area contributed by atoms with Crippen LogP contribution in [0.1, 0.15) is 157 Å². The number of benzene rings is 10. The normalized spacial score (nSPS) is 9.54. The number of carbonyl (C=O) groups excluding carboxylic acids is 10. The van der Waals surface area contributed by atoms with Crippen LogP contribution in [0.4, 0.5) is 46.0 Å². The van der Waals surface area contributed by atoms with Crippen molar-refractivity contribution >= 4 is 65.5 Å². The van der Waals surface area contributed by atoms with Crippen molar-refractivity contribution in [2.24, 2.45) is 0 Å². The molecule has 0 amide bonds. The number of Topliss-reactive ketones (excluding diaryl/α,β-unsaturated/α-hetero) is 2. The molecule has 0 aliphatic rings. The highest BCUT2D eigenvalue weighted by Crippen LogP contribution is 2.33. The van der Waals surface area contributed by atoms with Gasteiger partial charge in [0.15, 0.2) is 11.6 Å². The standard InChI is InChI=1S/C15H14O2.C11H12O3.C10H11NO5.C10H12O3.C10H12O2.C9H10O2.C9H10O.C8H4F4O2.C8H7FO2.2C2H5F/c1-2-15(16)17-14-10-8-13(9-11-14)12-6-4-3-5-7-12;1-3-11(13)14-10-6-4-9(5-7-10)8(2)12;1-3-10(12)16-9-5-4-7(15-2)6-8(9)11(13)14;1-3-10(11)13-9-6-4-8(12-2)5-7-9;1-3-12-10(11)9-6-4-8(2)5-7-9;1-7-3-5-8(6-4-7)9(10)11-2;1-7-3-5-9(6-4-7)8(2)10;9-7(13)14-6-3-1-5(2-4-6)8(10,11)12;1-6-2-4-7(5-3-6)11-8(9)10;2*1-2-3/h3-11H,2H2,1H3;4-7H,3H2,1-2H3;4-6H,3H2,1-2H3;4-7H,3H2,1-2H3;4-7H,3H2,1-2H3;3-6H,1-2H3;3-6H,1-2H3;1-4H;2-5H,1H3;2*2H2,1H3. The zero-order chi connectivity index (χ0) is 93.7. The summed E-state index contributed by atoms with van der Waals surface area (Å²) in [5.41, 5.74) is 8.18. The Kier molecular flexibility index (Phi) is 55.7. The molecule has 124 heavy (non-hydrogen) atoms. The molecule has 0 aliphatic heterocycles. The van der Waals surface area contributed by atoms with E-state index in [9.17, 15) is 88.8 Å². The number of nitro benzene ring substituents is 1. The van der Waals surface area contributed by atoms with E-state index in [-0.39, 0.29) is 84.1 Å². The molecule has 0 radical (unpaired) electrons. The van der Waals surface area contributed by atoms with Crippen LogP contribution in [0.5, 0.6) is 46.0 Å². The van der Waals surface area contributed by atoms with Crippen LogP contribution in [0.25, 0.3) is 11.1 Å². The fourth-order valence-electron chi connectivity index (χ4n) is 8.41. The van der Waals surface area contributed by atoms with Gasteiger partial charge in [0.1, 0.15) is 40.2 Å². The Balaban J connectivity index is 0.00000137. The molecule has 664 valence electrons. The van der Waals surface area contributed by atoms with Crippen LogP contribution in [-0.4, -0.2) is 106 Å². The van der Waals surface area contributed by atoms with E-state index >= 15 is 0 Å². The van der Waals surface area contributed by atoms with Gasteiger partial charge in [0.25, 0.3) is 0 Å². The molecule has 0 N–H and O–H groups in total. The number of halogens is 7. The van der Waals surface area contributed by atoms with E-state index in [0.717, 1.165) is 51.3 Å². The van der Waals surface area contributed by atoms with Gasteiger partial charge in [0, 0.05) is 36.8 Å². The second-order valence-corrected chi connectivity index (χ2v) is 24.5. The van der Waals surface area contributed by atoms with Crippen LogP contribution >= 0.6 is 0 Å². The van der Waals surface area contributed by atoms with Crippen LogP contribution in [0.2, 0.25) is 0 Å². The SMILES string of the molecule is CC(=O)c1ccc(C)cc1.CCC(=O)Oc1ccc(-c2ccccc2)cc1.CCC(=O)Oc1ccc(C(C)=O)cc1.CCC(=O)Oc1ccc(OC)cc1.CCC(=O)Oc1ccc(OC)cc1[N+](=O)[O-].CCF.CCF.CCOC(=O)c1ccc(C)cc1.COC(=O)c1ccc(C)cc1.Cc1ccc(OC(=O)F)cc1.O=C(F)Oc1ccc(C(F)(F)F)cc1. The van der Waals surface area contributed by atoms with Gasteiger partial charge in [-0.1, -0.05) is 153 Å². The molecule has 0 aliphatic carbocycles. The molecule has 0 fully saturated rings. The number of ether oxygens (including phenoxy) is 10. The number of methoxy groups -OCH3 is 3. The van der Waals surface area contributed by atoms with Crippen molar-refractivity contribution < 1.29 is 131 Å². The van der Waals surface area contributed by atoms with E-state index in [2.05, 4.69) is 14.2 Å². The second-order valence-electron chi connectivity index (χ2n) is 24.5. The lowest BCUT2D eigenvalue weighted by Gasteiger charge is -2.06. The summed E-state index contributed by atoms with van der Waals surface area (Å²) < 4.78 is 127. The molecule has 0 bridgehead atoms. The number of rotatable bonds is 19. The summed E-state index contributed by atoms with van der Waals surface area (Å²) in [6.45, 7) is 22.4. The van der Waals surface area contributed by atoms with Gasteiger partial charge in [-0.25, -0.2) is 19.2 Å². The molecule has 0 spiro atoms. The smallest absolute Gasteiger partial charge is 0.497 e. The van der Waals surface area contributed by atoms with Gasteiger partial charge in [-0.2, -0.15) is 13.2 Å². The van der Waals surface area contributed by atoms with Gasteiger partial charge in [-0.15, -0.1) is 8.78 Å². The van der Waals surface area contributed by atoms with Crippen molar-refractivity contribution in [1.29, 1.82) is 0 Å². The zero-order valence-electron chi connectivity index (χ0n) is 71.6. The van der Waals surface area contributed by atoms with Crippen molar-refractivity contribution in [3.63, 3.8) is 0 Å². The minimum Gasteiger partial charge on any atom is -0.497 e. The Morgan fingerprint density at radius 2 is 0.637 bits per heavy atom. The maximum atomic E-state index is 12.0. The number of hydrogen-bond donors (Lipinski definition) is 0. The van der Waals surface area contributed by atoms with E-state index in [1.165, 1.54) is 70.9 Å². The minimum atomic E-state index is -4.46. The van der Waals surface area contributed by atoms with Crippen LogP contribution in [-0.2, 0) is 34.8 Å². The number of carbonyl (C=O) groups is 10. The Morgan fingerprint density at radius 1 is 0.355 bits per heavy atom. The summed E-state index contributed by atoms with van der Waals surface area (Å²) in [5, 5.41) is 10.7. The lowest BCUT2D eigenvalue weighted by molar-refractivity contribution is -0.385. The second kappa shape index (κ2) is 62.9. The first-order valence-corrected chi connectivity index (χ1v) is 38.0. The number of nitro groups is 1. The van der Waals surface area contributed by atoms with E-state index in [4.69, 9.17) is 33.2 Å². The maximum Gasteiger partial charge on any atom is 0.500 e. The molecule has 10 aromatic carbocycles. The predicted molar refractivity (Wildman–Crippen MR) is 456 cm³/mol. The van der Waals surface area contributed by atoms with Crippen LogP contribution in [0, 0.1) is 37.8 Å². The number of aryl methyl sites for hydroxylation is 4. The first-order chi connectivity index (χ1) is 58.8. The third-order valence-corrected chi connectivity index (χ3v) is 14.8. The van der Waals surface area contributed by atoms with Crippen LogP contribution in [0.3, 0.4) is 0 Å². The molecule has 10 aromatic rings. The van der Waals surface area contributed by atoms with E-state index in [1.54, 1.807) is 134 Å². The Bertz CT molecular complexity index is 4820. The van der Waals surface area contributed by atoms with E-state index in [1.807, 2.05) is 131 Å². The molecule has 23 nitrogen and oxygen atoms in total. The topological polar surface area (TPSA) is 306 Å². The lowest BCUT2D eigenvalue weighted by Crippen LogP contribution is -2.07. The molecule has 0 saturated heterocycles. The molecule has 30 heteroatoms. The molecular weight excluding hydrogens is 1630 g/mol. The average molecular weight is 1730 g/mol. The van der Waals surface area contributed by atoms with Crippen molar-refractivity contribution in [3.8, 4) is 57.1 Å². The summed E-state index contributed by atoms with van der Waals surface area (Å²) in [7, 11) is 4.37. The monoisotopic (exact) mass is 1730 g/mol. The maximum absolute atomic E-state index is 12.0. The fourth-order valence-corrected chi connectivity index (χ4v) is 8.41. The van der Waals surface area contributed by atoms with Gasteiger partial charge < -0.3 is 47.4 Å². The largest absolute Gasteiger partial charge is 0.500 e. The summed E-state index contributed by atoms with van der Waals surface area (Å²) in [5.74, 6) is 0.925. The Morgan fingerprint density at radius 3 is 0.960 bits per heavy atom. The third-order valence-electron chi connectivity index (χ3n) is 14.8. The third kappa shape index (κ3) is 49.4. The molecule has 0 saturated carbocycles. The minimum absolute atomic E-state index is 0.00151. The first kappa shape index (κ1) is 110. The Labute approximate surface area is 716 Å².